The molecule has 18 heavy (non-hydrogen) atoms. The zero-order valence-electron chi connectivity index (χ0n) is 9.74. The van der Waals surface area contributed by atoms with Gasteiger partial charge in [0.25, 0.3) is 5.91 Å². The summed E-state index contributed by atoms with van der Waals surface area (Å²) >= 11 is 0. The number of rotatable bonds is 2. The summed E-state index contributed by atoms with van der Waals surface area (Å²) in [6, 6.07) is 1.68. The lowest BCUT2D eigenvalue weighted by molar-refractivity contribution is 0.0704. The van der Waals surface area contributed by atoms with Crippen molar-refractivity contribution in [3.05, 3.63) is 30.0 Å². The van der Waals surface area contributed by atoms with Gasteiger partial charge in [-0.05, 0) is 18.9 Å². The highest BCUT2D eigenvalue weighted by Crippen LogP contribution is 2.24. The first kappa shape index (κ1) is 10.9. The second kappa shape index (κ2) is 4.59. The number of amides is 1. The monoisotopic (exact) mass is 247 g/mol. The number of furan rings is 1. The third-order valence-corrected chi connectivity index (χ3v) is 3.20. The van der Waals surface area contributed by atoms with Crippen LogP contribution in [0.4, 0.5) is 0 Å². The van der Waals surface area contributed by atoms with Gasteiger partial charge in [0.1, 0.15) is 6.26 Å². The van der Waals surface area contributed by atoms with Gasteiger partial charge in [-0.1, -0.05) is 5.21 Å². The van der Waals surface area contributed by atoms with Gasteiger partial charge >= 0.3 is 0 Å². The van der Waals surface area contributed by atoms with Crippen LogP contribution >= 0.6 is 0 Å². The van der Waals surface area contributed by atoms with Crippen molar-refractivity contribution in [2.75, 3.05) is 13.1 Å². The number of piperidine rings is 1. The second-order valence-electron chi connectivity index (χ2n) is 4.37. The van der Waals surface area contributed by atoms with Crippen molar-refractivity contribution in [1.29, 1.82) is 0 Å². The van der Waals surface area contributed by atoms with E-state index >= 15 is 0 Å². The first-order valence-corrected chi connectivity index (χ1v) is 5.89. The Bertz CT molecular complexity index is 508. The van der Waals surface area contributed by atoms with Gasteiger partial charge < -0.3 is 9.32 Å². The van der Waals surface area contributed by atoms with Crippen LogP contribution < -0.4 is 0 Å². The lowest BCUT2D eigenvalue weighted by Gasteiger charge is -2.30. The molecule has 1 aliphatic heterocycles. The first-order chi connectivity index (χ1) is 8.84. The van der Waals surface area contributed by atoms with Crippen LogP contribution in [0, 0.1) is 0 Å². The number of H-pyrrole nitrogens is 1. The van der Waals surface area contributed by atoms with Crippen molar-refractivity contribution < 1.29 is 9.21 Å². The number of aromatic amines is 1. The molecule has 0 aromatic carbocycles. The van der Waals surface area contributed by atoms with Crippen molar-refractivity contribution in [3.8, 4) is 0 Å². The van der Waals surface area contributed by atoms with Crippen molar-refractivity contribution >= 4 is 5.91 Å². The summed E-state index contributed by atoms with van der Waals surface area (Å²) < 4.78 is 4.94. The van der Waals surface area contributed by atoms with Gasteiger partial charge in [0, 0.05) is 19.0 Å². The van der Waals surface area contributed by atoms with E-state index in [4.69, 9.17) is 4.42 Å². The number of nitrogens with zero attached hydrogens (tertiary/aromatic N) is 4. The summed E-state index contributed by atoms with van der Waals surface area (Å²) in [5, 5.41) is 14.0. The van der Waals surface area contributed by atoms with E-state index in [1.165, 1.54) is 12.5 Å². The number of carbonyl (C=O) groups excluding carboxylic acids is 1. The Morgan fingerprint density at radius 3 is 3.22 bits per heavy atom. The molecule has 2 aromatic rings. The van der Waals surface area contributed by atoms with Gasteiger partial charge in [-0.3, -0.25) is 4.79 Å². The number of carbonyl (C=O) groups is 1. The maximum atomic E-state index is 12.2. The summed E-state index contributed by atoms with van der Waals surface area (Å²) in [5.74, 6) is 0.838. The summed E-state index contributed by atoms with van der Waals surface area (Å²) in [6.07, 6.45) is 4.91. The van der Waals surface area contributed by atoms with E-state index < -0.39 is 0 Å². The molecule has 1 fully saturated rings. The lowest BCUT2D eigenvalue weighted by atomic mass is 9.97. The summed E-state index contributed by atoms with van der Waals surface area (Å²) in [4.78, 5) is 14.0. The van der Waals surface area contributed by atoms with Gasteiger partial charge in [0.05, 0.1) is 11.8 Å². The molecule has 3 rings (SSSR count). The SMILES string of the molecule is O=C(c1ccoc1)N1CCCC(c2nn[nH]n2)C1. The number of hydrogen-bond acceptors (Lipinski definition) is 5. The molecule has 1 amide bonds. The summed E-state index contributed by atoms with van der Waals surface area (Å²) in [7, 11) is 0. The van der Waals surface area contributed by atoms with Crippen molar-refractivity contribution in [2.45, 2.75) is 18.8 Å². The average Bonchev–Trinajstić information content (AvgIpc) is 3.11. The fourth-order valence-electron chi connectivity index (χ4n) is 2.28. The molecule has 1 atom stereocenters. The van der Waals surface area contributed by atoms with E-state index in [0.29, 0.717) is 17.9 Å². The Balaban J connectivity index is 1.73. The Morgan fingerprint density at radius 2 is 2.50 bits per heavy atom. The van der Waals surface area contributed by atoms with Crippen LogP contribution in [0.5, 0.6) is 0 Å². The topological polar surface area (TPSA) is 87.9 Å². The second-order valence-corrected chi connectivity index (χ2v) is 4.37. The smallest absolute Gasteiger partial charge is 0.257 e. The third kappa shape index (κ3) is 1.99. The number of likely N-dealkylation sites (tertiary alicyclic amines) is 1. The predicted molar refractivity (Wildman–Crippen MR) is 60.8 cm³/mol. The van der Waals surface area contributed by atoms with Gasteiger partial charge in [-0.2, -0.15) is 5.21 Å². The molecule has 2 aromatic heterocycles. The van der Waals surface area contributed by atoms with Gasteiger partial charge in [-0.25, -0.2) is 0 Å². The standard InChI is InChI=1S/C11H13N5O2/c17-11(9-3-5-18-7-9)16-4-1-2-8(6-16)10-12-14-15-13-10/h3,5,7-8H,1-2,4,6H2,(H,12,13,14,15). The van der Waals surface area contributed by atoms with Crippen LogP contribution in [0.15, 0.2) is 23.0 Å². The molecule has 0 aliphatic carbocycles. The highest BCUT2D eigenvalue weighted by Gasteiger charge is 2.28. The average molecular weight is 247 g/mol. The molecule has 1 saturated heterocycles. The number of aromatic nitrogens is 4. The van der Waals surface area contributed by atoms with E-state index in [9.17, 15) is 4.79 Å². The fourth-order valence-corrected chi connectivity index (χ4v) is 2.28. The van der Waals surface area contributed by atoms with Crippen LogP contribution in [0.3, 0.4) is 0 Å². The van der Waals surface area contributed by atoms with Gasteiger partial charge in [0.2, 0.25) is 0 Å². The van der Waals surface area contributed by atoms with Crippen molar-refractivity contribution in [3.63, 3.8) is 0 Å². The van der Waals surface area contributed by atoms with E-state index in [1.54, 1.807) is 6.07 Å². The Morgan fingerprint density at radius 1 is 1.56 bits per heavy atom. The maximum Gasteiger partial charge on any atom is 0.257 e. The van der Waals surface area contributed by atoms with Gasteiger partial charge in [-0.15, -0.1) is 10.2 Å². The Kier molecular flexibility index (Phi) is 2.79. The molecule has 0 radical (unpaired) electrons. The first-order valence-electron chi connectivity index (χ1n) is 5.89. The molecule has 0 spiro atoms. The highest BCUT2D eigenvalue weighted by atomic mass is 16.3. The molecule has 7 nitrogen and oxygen atoms in total. The van der Waals surface area contributed by atoms with Crippen LogP contribution in [0.1, 0.15) is 34.9 Å². The minimum absolute atomic E-state index is 0.00283. The molecule has 7 heteroatoms. The summed E-state index contributed by atoms with van der Waals surface area (Å²) in [5.41, 5.74) is 0.587. The molecule has 0 bridgehead atoms. The molecular formula is C11H13N5O2. The highest BCUT2D eigenvalue weighted by molar-refractivity contribution is 5.93. The third-order valence-electron chi connectivity index (χ3n) is 3.20. The van der Waals surface area contributed by atoms with E-state index in [0.717, 1.165) is 19.4 Å². The molecular weight excluding hydrogens is 234 g/mol. The number of nitrogens with one attached hydrogen (secondary N) is 1. The van der Waals surface area contributed by atoms with Crippen LogP contribution in [0.25, 0.3) is 0 Å². The van der Waals surface area contributed by atoms with E-state index in [2.05, 4.69) is 20.6 Å². The minimum atomic E-state index is -0.00283. The molecule has 0 saturated carbocycles. The van der Waals surface area contributed by atoms with E-state index in [-0.39, 0.29) is 11.8 Å². The van der Waals surface area contributed by atoms with Crippen molar-refractivity contribution in [1.82, 2.24) is 25.5 Å². The molecule has 1 aliphatic rings. The summed E-state index contributed by atoms with van der Waals surface area (Å²) in [6.45, 7) is 1.39. The minimum Gasteiger partial charge on any atom is -0.472 e. The lowest BCUT2D eigenvalue weighted by Crippen LogP contribution is -2.39. The zero-order chi connectivity index (χ0) is 12.4. The van der Waals surface area contributed by atoms with Crippen molar-refractivity contribution in [2.24, 2.45) is 0 Å². The Labute approximate surface area is 103 Å². The van der Waals surface area contributed by atoms with E-state index in [1.807, 2.05) is 4.90 Å². The van der Waals surface area contributed by atoms with Crippen LogP contribution in [-0.4, -0.2) is 44.5 Å². The fraction of sp³-hybridized carbons (Fsp3) is 0.455. The number of hydrogen-bond donors (Lipinski definition) is 1. The predicted octanol–water partition coefficient (Wildman–Crippen LogP) is 0.812. The largest absolute Gasteiger partial charge is 0.472 e. The number of tetrazole rings is 1. The molecule has 94 valence electrons. The van der Waals surface area contributed by atoms with Crippen LogP contribution in [0.2, 0.25) is 0 Å². The zero-order valence-corrected chi connectivity index (χ0v) is 9.74. The van der Waals surface area contributed by atoms with Gasteiger partial charge in [0.15, 0.2) is 5.82 Å². The maximum absolute atomic E-state index is 12.2. The molecule has 3 heterocycles. The van der Waals surface area contributed by atoms with Crippen LogP contribution in [-0.2, 0) is 0 Å². The normalized spacial score (nSPS) is 20.0. The molecule has 1 N–H and O–H groups in total. The Hall–Kier alpha value is -2.18. The molecule has 1 unspecified atom stereocenters. The quantitative estimate of drug-likeness (QED) is 0.848.